The Morgan fingerprint density at radius 1 is 1.50 bits per heavy atom. The van der Waals surface area contributed by atoms with Crippen LogP contribution in [0.25, 0.3) is 0 Å². The van der Waals surface area contributed by atoms with Gasteiger partial charge in [0.2, 0.25) is 0 Å². The van der Waals surface area contributed by atoms with E-state index < -0.39 is 15.5 Å². The summed E-state index contributed by atoms with van der Waals surface area (Å²) in [6.07, 6.45) is 6.07. The summed E-state index contributed by atoms with van der Waals surface area (Å²) >= 11 is 0. The first-order valence-corrected chi connectivity index (χ1v) is 7.03. The summed E-state index contributed by atoms with van der Waals surface area (Å²) in [7, 11) is -3.39. The molecule has 10 heteroatoms. The average Bonchev–Trinajstić information content (AvgIpc) is 2.61. The maximum Gasteiger partial charge on any atom is 0.517 e. The van der Waals surface area contributed by atoms with Crippen molar-refractivity contribution in [2.75, 3.05) is 0 Å². The molecule has 20 heavy (non-hydrogen) atoms. The van der Waals surface area contributed by atoms with Gasteiger partial charge in [-0.15, -0.1) is 0 Å². The molecule has 0 spiro atoms. The van der Waals surface area contributed by atoms with Crippen LogP contribution >= 0.6 is 0 Å². The minimum atomic E-state index is -5.46. The van der Waals surface area contributed by atoms with Crippen LogP contribution in [-0.4, -0.2) is 18.5 Å². The van der Waals surface area contributed by atoms with Crippen molar-refractivity contribution < 1.29 is 26.2 Å². The van der Waals surface area contributed by atoms with Gasteiger partial charge in [-0.2, -0.15) is 26.9 Å². The molecule has 0 bridgehead atoms. The maximum atomic E-state index is 11.2. The molecule has 0 aliphatic carbocycles. The van der Waals surface area contributed by atoms with Gasteiger partial charge in [-0.25, -0.2) is 13.9 Å². The van der Waals surface area contributed by atoms with Crippen molar-refractivity contribution in [3.05, 3.63) is 18.2 Å². The van der Waals surface area contributed by atoms with Gasteiger partial charge >= 0.3 is 15.5 Å². The van der Waals surface area contributed by atoms with Gasteiger partial charge in [0, 0.05) is 6.92 Å². The average molecular weight is 313 g/mol. The van der Waals surface area contributed by atoms with Gasteiger partial charge in [0.15, 0.2) is 6.19 Å². The number of rotatable bonds is 3. The lowest BCUT2D eigenvalue weighted by molar-refractivity contribution is -0.677. The number of imidazole rings is 1. The van der Waals surface area contributed by atoms with Gasteiger partial charge in [0.25, 0.3) is 5.82 Å². The second-order valence-electron chi connectivity index (χ2n) is 3.81. The summed E-state index contributed by atoms with van der Waals surface area (Å²) in [5.74, 6) is 1.32. The molecule has 0 unspecified atom stereocenters. The van der Waals surface area contributed by atoms with Crippen molar-refractivity contribution in [2.24, 2.45) is 7.05 Å². The molecule has 0 radical (unpaired) electrons. The molecular formula is C10H16F3N4O2S+. The summed E-state index contributed by atoms with van der Waals surface area (Å²) < 4.78 is 58.3. The number of alkyl halides is 3. The molecule has 1 N–H and O–H groups in total. The van der Waals surface area contributed by atoms with Gasteiger partial charge in [0.05, 0.1) is 13.6 Å². The van der Waals surface area contributed by atoms with Crippen molar-refractivity contribution in [2.45, 2.75) is 32.3 Å². The Kier molecular flexibility index (Phi) is 6.51. The van der Waals surface area contributed by atoms with Crippen LogP contribution in [0.1, 0.15) is 19.2 Å². The van der Waals surface area contributed by atoms with E-state index in [1.54, 1.807) is 0 Å². The van der Waals surface area contributed by atoms with Crippen molar-refractivity contribution in [3.63, 3.8) is 0 Å². The molecule has 114 valence electrons. The van der Waals surface area contributed by atoms with Gasteiger partial charge in [-0.3, -0.25) is 0 Å². The van der Waals surface area contributed by atoms with E-state index in [0.717, 1.165) is 6.54 Å². The number of aryl methyl sites for hydroxylation is 2. The molecule has 0 aliphatic heterocycles. The number of halogens is 3. The molecule has 0 fully saturated rings. The fraction of sp³-hybridized carbons (Fsp3) is 0.600. The first kappa shape index (κ1) is 18.2. The predicted octanol–water partition coefficient (Wildman–Crippen LogP) is 0.938. The first-order valence-electron chi connectivity index (χ1n) is 5.55. The highest BCUT2D eigenvalue weighted by molar-refractivity contribution is 7.90. The highest BCUT2D eigenvalue weighted by Gasteiger charge is 2.45. The van der Waals surface area contributed by atoms with Crippen molar-refractivity contribution in [1.82, 2.24) is 9.29 Å². The molecule has 1 aromatic heterocycles. The van der Waals surface area contributed by atoms with Crippen LogP contribution in [0.4, 0.5) is 13.2 Å². The Morgan fingerprint density at radius 3 is 2.30 bits per heavy atom. The number of nitrogens with zero attached hydrogens (tertiary/aromatic N) is 3. The summed E-state index contributed by atoms with van der Waals surface area (Å²) in [4.78, 5) is 0. The van der Waals surface area contributed by atoms with Gasteiger partial charge < -0.3 is 0 Å². The molecule has 0 aliphatic rings. The van der Waals surface area contributed by atoms with Crippen LogP contribution in [0.2, 0.25) is 0 Å². The lowest BCUT2D eigenvalue weighted by Crippen LogP contribution is -2.33. The van der Waals surface area contributed by atoms with Crippen molar-refractivity contribution >= 4 is 10.0 Å². The van der Waals surface area contributed by atoms with Crippen LogP contribution < -0.4 is 9.29 Å². The maximum absolute atomic E-state index is 11.2. The third-order valence-electron chi connectivity index (χ3n) is 2.35. The molecular weight excluding hydrogens is 297 g/mol. The minimum Gasteiger partial charge on any atom is -0.237 e. The minimum absolute atomic E-state index is 0.615. The fourth-order valence-corrected chi connectivity index (χ4v) is 1.43. The smallest absolute Gasteiger partial charge is 0.237 e. The number of aromatic nitrogens is 2. The van der Waals surface area contributed by atoms with Crippen LogP contribution in [0.3, 0.4) is 0 Å². The summed E-state index contributed by atoms with van der Waals surface area (Å²) in [6.45, 7) is 5.46. The zero-order valence-electron chi connectivity index (χ0n) is 11.3. The van der Waals surface area contributed by atoms with Crippen molar-refractivity contribution in [3.8, 4) is 6.19 Å². The molecule has 1 aromatic rings. The molecule has 1 rings (SSSR count). The Morgan fingerprint density at radius 2 is 2.05 bits per heavy atom. The molecule has 0 aromatic carbocycles. The summed E-state index contributed by atoms with van der Waals surface area (Å²) in [5, 5.41) is 7.52. The van der Waals surface area contributed by atoms with Gasteiger partial charge in [-0.1, -0.05) is 6.92 Å². The second kappa shape index (κ2) is 7.14. The van der Waals surface area contributed by atoms with E-state index >= 15 is 0 Å². The number of hydrogen-bond acceptors (Lipinski definition) is 3. The zero-order chi connectivity index (χ0) is 16.0. The molecule has 0 saturated carbocycles. The Balaban J connectivity index is 0.000000361. The number of hydrogen-bond donors (Lipinski definition) is 1. The van der Waals surface area contributed by atoms with Crippen LogP contribution in [0, 0.1) is 18.4 Å². The Hall–Kier alpha value is -1.76. The van der Waals surface area contributed by atoms with Gasteiger partial charge in [0.1, 0.15) is 12.4 Å². The molecule has 1 heterocycles. The molecule has 0 amide bonds. The number of nitrogens with one attached hydrogen (secondary N) is 1. The third kappa shape index (κ3) is 5.08. The summed E-state index contributed by atoms with van der Waals surface area (Å²) in [5.41, 5.74) is -5.41. The largest absolute Gasteiger partial charge is 0.517 e. The highest BCUT2D eigenvalue weighted by atomic mass is 32.2. The fourth-order valence-electron chi connectivity index (χ4n) is 1.19. The molecule has 0 saturated heterocycles. The van der Waals surface area contributed by atoms with Crippen LogP contribution in [0.5, 0.6) is 0 Å². The third-order valence-corrected chi connectivity index (χ3v) is 3.31. The first-order chi connectivity index (χ1) is 9.06. The lowest BCUT2D eigenvalue weighted by Gasteiger charge is -2.02. The zero-order valence-corrected chi connectivity index (χ0v) is 12.1. The highest BCUT2D eigenvalue weighted by Crippen LogP contribution is 2.20. The van der Waals surface area contributed by atoms with E-state index in [4.69, 9.17) is 5.26 Å². The van der Waals surface area contributed by atoms with Crippen LogP contribution in [0.15, 0.2) is 12.4 Å². The van der Waals surface area contributed by atoms with E-state index in [2.05, 4.69) is 42.4 Å². The quantitative estimate of drug-likeness (QED) is 0.512. The van der Waals surface area contributed by atoms with Crippen molar-refractivity contribution in [1.29, 1.82) is 5.26 Å². The summed E-state index contributed by atoms with van der Waals surface area (Å²) in [6, 6.07) is 0. The lowest BCUT2D eigenvalue weighted by atomic mass is 10.5. The van der Waals surface area contributed by atoms with Crippen LogP contribution in [-0.2, 0) is 23.6 Å². The Labute approximate surface area is 115 Å². The van der Waals surface area contributed by atoms with E-state index in [0.29, 0.717) is 10.9 Å². The number of sulfonamides is 1. The Bertz CT molecular complexity index is 572. The molecule has 0 atom stereocenters. The van der Waals surface area contributed by atoms with E-state index in [1.165, 1.54) is 12.2 Å². The second-order valence-corrected chi connectivity index (χ2v) is 5.49. The number of nitriles is 1. The monoisotopic (exact) mass is 313 g/mol. The standard InChI is InChI=1S/C8H15N2.C2HF3N2O2S/c1-4-5-10-7-6-9(3)8(10)2;3-2(4,5)10(8,9)7-1-6/h6-7H,4-5H2,1-3H3;7H/q+1;. The van der Waals surface area contributed by atoms with Gasteiger partial charge in [-0.05, 0) is 6.42 Å². The van der Waals surface area contributed by atoms with E-state index in [9.17, 15) is 21.6 Å². The predicted molar refractivity (Wildman–Crippen MR) is 64.4 cm³/mol. The van der Waals surface area contributed by atoms with E-state index in [1.807, 2.05) is 0 Å². The topological polar surface area (TPSA) is 78.8 Å². The van der Waals surface area contributed by atoms with E-state index in [-0.39, 0.29) is 0 Å². The SMILES string of the molecule is CCCn1cc[n+](C)c1C.N#CNS(=O)(=O)C(F)(F)F. The molecule has 6 nitrogen and oxygen atoms in total. The normalized spacial score (nSPS) is 11.2.